The summed E-state index contributed by atoms with van der Waals surface area (Å²) in [6, 6.07) is 8.07. The van der Waals surface area contributed by atoms with Gasteiger partial charge < -0.3 is 10.1 Å². The predicted molar refractivity (Wildman–Crippen MR) is 81.1 cm³/mol. The van der Waals surface area contributed by atoms with Crippen LogP contribution in [-0.2, 0) is 13.1 Å². The number of benzene rings is 1. The standard InChI is InChI=1S/C16H22N4O/c1-13-3-2-4-16(9-13)21-8-7-20-12-15(18-19-20)11-17-10-14-5-6-14/h2-4,9,12,14,17H,5-8,10-11H2,1H3. The fourth-order valence-electron chi connectivity index (χ4n) is 2.22. The molecule has 1 aliphatic carbocycles. The second-order valence-electron chi connectivity index (χ2n) is 5.71. The van der Waals surface area contributed by atoms with Gasteiger partial charge in [0.15, 0.2) is 0 Å². The van der Waals surface area contributed by atoms with E-state index in [1.54, 1.807) is 0 Å². The summed E-state index contributed by atoms with van der Waals surface area (Å²) in [4.78, 5) is 0. The second kappa shape index (κ2) is 6.72. The summed E-state index contributed by atoms with van der Waals surface area (Å²) >= 11 is 0. The average Bonchev–Trinajstić information content (AvgIpc) is 3.18. The first kappa shape index (κ1) is 14.1. The van der Waals surface area contributed by atoms with E-state index in [4.69, 9.17) is 4.74 Å². The van der Waals surface area contributed by atoms with Gasteiger partial charge in [-0.1, -0.05) is 17.3 Å². The van der Waals surface area contributed by atoms with Crippen molar-refractivity contribution in [3.05, 3.63) is 41.7 Å². The van der Waals surface area contributed by atoms with E-state index >= 15 is 0 Å². The first-order valence-electron chi connectivity index (χ1n) is 7.59. The largest absolute Gasteiger partial charge is 0.492 e. The number of aryl methyl sites for hydroxylation is 1. The van der Waals surface area contributed by atoms with Gasteiger partial charge in [0.25, 0.3) is 0 Å². The molecule has 0 bridgehead atoms. The summed E-state index contributed by atoms with van der Waals surface area (Å²) in [5.74, 6) is 1.80. The van der Waals surface area contributed by atoms with Crippen LogP contribution in [0.2, 0.25) is 0 Å². The summed E-state index contributed by atoms with van der Waals surface area (Å²) in [5.41, 5.74) is 2.20. The Morgan fingerprint density at radius 3 is 3.10 bits per heavy atom. The van der Waals surface area contributed by atoms with Gasteiger partial charge in [-0.05, 0) is 49.9 Å². The lowest BCUT2D eigenvalue weighted by atomic mass is 10.2. The number of aromatic nitrogens is 3. The minimum atomic E-state index is 0.599. The van der Waals surface area contributed by atoms with Crippen LogP contribution in [0.5, 0.6) is 5.75 Å². The second-order valence-corrected chi connectivity index (χ2v) is 5.71. The Morgan fingerprint density at radius 2 is 2.29 bits per heavy atom. The van der Waals surface area contributed by atoms with E-state index in [9.17, 15) is 0 Å². The maximum atomic E-state index is 5.72. The van der Waals surface area contributed by atoms with Gasteiger partial charge in [0.2, 0.25) is 0 Å². The molecular formula is C16H22N4O. The molecule has 0 saturated heterocycles. The Morgan fingerprint density at radius 1 is 1.38 bits per heavy atom. The predicted octanol–water partition coefficient (Wildman–Crippen LogP) is 2.17. The third kappa shape index (κ3) is 4.56. The normalized spacial score (nSPS) is 14.3. The Hall–Kier alpha value is -1.88. The number of nitrogens with zero attached hydrogens (tertiary/aromatic N) is 3. The zero-order chi connectivity index (χ0) is 14.5. The van der Waals surface area contributed by atoms with Gasteiger partial charge in [0.1, 0.15) is 12.4 Å². The molecule has 5 heteroatoms. The molecule has 5 nitrogen and oxygen atoms in total. The van der Waals surface area contributed by atoms with Crippen LogP contribution in [0.25, 0.3) is 0 Å². The van der Waals surface area contributed by atoms with Crippen LogP contribution >= 0.6 is 0 Å². The minimum absolute atomic E-state index is 0.599. The molecular weight excluding hydrogens is 264 g/mol. The zero-order valence-electron chi connectivity index (χ0n) is 12.5. The summed E-state index contributed by atoms with van der Waals surface area (Å²) in [6.07, 6.45) is 4.73. The molecule has 1 saturated carbocycles. The molecule has 1 aliphatic rings. The van der Waals surface area contributed by atoms with E-state index in [0.29, 0.717) is 13.2 Å². The third-order valence-electron chi connectivity index (χ3n) is 3.60. The van der Waals surface area contributed by atoms with E-state index in [1.165, 1.54) is 18.4 Å². The average molecular weight is 286 g/mol. The lowest BCUT2D eigenvalue weighted by molar-refractivity contribution is 0.289. The van der Waals surface area contributed by atoms with Crippen molar-refractivity contribution in [1.82, 2.24) is 20.3 Å². The fourth-order valence-corrected chi connectivity index (χ4v) is 2.22. The summed E-state index contributed by atoms with van der Waals surface area (Å²) in [7, 11) is 0. The number of ether oxygens (including phenoxy) is 1. The fraction of sp³-hybridized carbons (Fsp3) is 0.500. The van der Waals surface area contributed by atoms with E-state index in [0.717, 1.165) is 30.5 Å². The molecule has 1 aromatic heterocycles. The van der Waals surface area contributed by atoms with E-state index in [1.807, 2.05) is 29.1 Å². The first-order valence-corrected chi connectivity index (χ1v) is 7.59. The van der Waals surface area contributed by atoms with Crippen molar-refractivity contribution >= 4 is 0 Å². The molecule has 2 aromatic rings. The molecule has 0 unspecified atom stereocenters. The monoisotopic (exact) mass is 286 g/mol. The lowest BCUT2D eigenvalue weighted by Crippen LogP contribution is -2.16. The minimum Gasteiger partial charge on any atom is -0.492 e. The van der Waals surface area contributed by atoms with E-state index in [-0.39, 0.29) is 0 Å². The van der Waals surface area contributed by atoms with Crippen LogP contribution in [0.15, 0.2) is 30.5 Å². The maximum Gasteiger partial charge on any atom is 0.119 e. The Balaban J connectivity index is 1.39. The Bertz CT molecular complexity index is 577. The van der Waals surface area contributed by atoms with Gasteiger partial charge >= 0.3 is 0 Å². The van der Waals surface area contributed by atoms with Crippen LogP contribution in [0.1, 0.15) is 24.1 Å². The molecule has 0 aliphatic heterocycles. The number of hydrogen-bond acceptors (Lipinski definition) is 4. The molecule has 1 aromatic carbocycles. The van der Waals surface area contributed by atoms with Crippen LogP contribution in [0.3, 0.4) is 0 Å². The summed E-state index contributed by atoms with van der Waals surface area (Å²) < 4.78 is 7.55. The van der Waals surface area contributed by atoms with Gasteiger partial charge in [-0.15, -0.1) is 5.10 Å². The van der Waals surface area contributed by atoms with Gasteiger partial charge in [-0.3, -0.25) is 0 Å². The molecule has 0 atom stereocenters. The van der Waals surface area contributed by atoms with Gasteiger partial charge in [-0.25, -0.2) is 4.68 Å². The molecule has 0 spiro atoms. The van der Waals surface area contributed by atoms with Gasteiger partial charge in [0, 0.05) is 12.7 Å². The highest BCUT2D eigenvalue weighted by Gasteiger charge is 2.20. The Labute approximate surface area is 125 Å². The van der Waals surface area contributed by atoms with Crippen molar-refractivity contribution in [2.45, 2.75) is 32.9 Å². The maximum absolute atomic E-state index is 5.72. The highest BCUT2D eigenvalue weighted by atomic mass is 16.5. The Kier molecular flexibility index (Phi) is 4.50. The number of rotatable bonds is 8. The molecule has 21 heavy (non-hydrogen) atoms. The number of nitrogens with one attached hydrogen (secondary N) is 1. The van der Waals surface area contributed by atoms with Crippen LogP contribution in [0.4, 0.5) is 0 Å². The van der Waals surface area contributed by atoms with Gasteiger partial charge in [0.05, 0.1) is 12.2 Å². The highest BCUT2D eigenvalue weighted by molar-refractivity contribution is 5.27. The molecule has 0 radical (unpaired) electrons. The van der Waals surface area contributed by atoms with E-state index in [2.05, 4.69) is 28.6 Å². The van der Waals surface area contributed by atoms with Crippen LogP contribution in [0, 0.1) is 12.8 Å². The van der Waals surface area contributed by atoms with Gasteiger partial charge in [-0.2, -0.15) is 0 Å². The quantitative estimate of drug-likeness (QED) is 0.808. The SMILES string of the molecule is Cc1cccc(OCCn2cc(CNCC3CC3)nn2)c1. The molecule has 1 N–H and O–H groups in total. The van der Waals surface area contributed by atoms with Crippen molar-refractivity contribution in [1.29, 1.82) is 0 Å². The molecule has 1 fully saturated rings. The summed E-state index contributed by atoms with van der Waals surface area (Å²) in [6.45, 7) is 5.27. The molecule has 3 rings (SSSR count). The third-order valence-corrected chi connectivity index (χ3v) is 3.60. The van der Waals surface area contributed by atoms with E-state index < -0.39 is 0 Å². The van der Waals surface area contributed by atoms with Crippen molar-refractivity contribution in [2.24, 2.45) is 5.92 Å². The van der Waals surface area contributed by atoms with Crippen molar-refractivity contribution in [2.75, 3.05) is 13.2 Å². The lowest BCUT2D eigenvalue weighted by Gasteiger charge is -2.06. The van der Waals surface area contributed by atoms with Crippen LogP contribution < -0.4 is 10.1 Å². The summed E-state index contributed by atoms with van der Waals surface area (Å²) in [5, 5.41) is 11.7. The van der Waals surface area contributed by atoms with Crippen molar-refractivity contribution in [3.8, 4) is 5.75 Å². The van der Waals surface area contributed by atoms with Crippen molar-refractivity contribution < 1.29 is 4.74 Å². The highest BCUT2D eigenvalue weighted by Crippen LogP contribution is 2.27. The van der Waals surface area contributed by atoms with Crippen molar-refractivity contribution in [3.63, 3.8) is 0 Å². The van der Waals surface area contributed by atoms with Crippen LogP contribution in [-0.4, -0.2) is 28.1 Å². The first-order chi connectivity index (χ1) is 10.3. The molecule has 1 heterocycles. The molecule has 0 amide bonds. The topological polar surface area (TPSA) is 52.0 Å². The zero-order valence-corrected chi connectivity index (χ0v) is 12.5. The molecule has 112 valence electrons. The smallest absolute Gasteiger partial charge is 0.119 e. The number of hydrogen-bond donors (Lipinski definition) is 1.